The third kappa shape index (κ3) is 2.51. The summed E-state index contributed by atoms with van der Waals surface area (Å²) in [5.74, 6) is 1.54. The number of hydrogen-bond acceptors (Lipinski definition) is 3. The van der Waals surface area contributed by atoms with E-state index in [-0.39, 0.29) is 11.9 Å². The molecule has 0 N–H and O–H groups in total. The minimum absolute atomic E-state index is 0.0574. The molecule has 1 heterocycles. The average Bonchev–Trinajstić information content (AvgIpc) is 2.47. The van der Waals surface area contributed by atoms with Crippen LogP contribution in [0, 0.1) is 6.92 Å². The summed E-state index contributed by atoms with van der Waals surface area (Å²) >= 11 is 1.68. The van der Waals surface area contributed by atoms with E-state index in [1.165, 1.54) is 0 Å². The molecule has 0 aromatic heterocycles. The second-order valence-corrected chi connectivity index (χ2v) is 5.66. The van der Waals surface area contributed by atoms with Crippen LogP contribution in [0.5, 0.6) is 5.75 Å². The molecule has 2 nitrogen and oxygen atoms in total. The van der Waals surface area contributed by atoms with Gasteiger partial charge in [-0.1, -0.05) is 42.0 Å². The summed E-state index contributed by atoms with van der Waals surface area (Å²) in [7, 11) is 0. The van der Waals surface area contributed by atoms with E-state index in [4.69, 9.17) is 4.74 Å². The second kappa shape index (κ2) is 5.10. The first kappa shape index (κ1) is 12.3. The van der Waals surface area contributed by atoms with Crippen molar-refractivity contribution in [2.75, 3.05) is 5.75 Å². The maximum absolute atomic E-state index is 12.4. The highest BCUT2D eigenvalue weighted by Gasteiger charge is 2.27. The number of fused-ring (bicyclic) bond motifs is 1. The van der Waals surface area contributed by atoms with Gasteiger partial charge in [-0.05, 0) is 19.1 Å². The molecular formula is C16H14O2S. The van der Waals surface area contributed by atoms with E-state index in [0.717, 1.165) is 21.8 Å². The van der Waals surface area contributed by atoms with Gasteiger partial charge >= 0.3 is 0 Å². The third-order valence-corrected chi connectivity index (χ3v) is 4.25. The lowest BCUT2D eigenvalue weighted by atomic mass is 10.1. The molecule has 0 spiro atoms. The van der Waals surface area contributed by atoms with Crippen molar-refractivity contribution in [1.82, 2.24) is 0 Å². The molecule has 3 heteroatoms. The lowest BCUT2D eigenvalue weighted by Gasteiger charge is -2.24. The van der Waals surface area contributed by atoms with Gasteiger partial charge in [-0.3, -0.25) is 4.79 Å². The predicted octanol–water partition coefficient (Wildman–Crippen LogP) is 3.73. The van der Waals surface area contributed by atoms with Crippen molar-refractivity contribution in [2.45, 2.75) is 17.9 Å². The van der Waals surface area contributed by atoms with Gasteiger partial charge in [-0.15, -0.1) is 11.8 Å². The molecule has 0 bridgehead atoms. The van der Waals surface area contributed by atoms with Crippen LogP contribution in [-0.4, -0.2) is 17.6 Å². The number of Topliss-reactive ketones (excluding diaryl/α,β-unsaturated/α-hetero) is 1. The number of rotatable bonds is 2. The van der Waals surface area contributed by atoms with Crippen LogP contribution in [-0.2, 0) is 0 Å². The van der Waals surface area contributed by atoms with Crippen molar-refractivity contribution in [3.63, 3.8) is 0 Å². The van der Waals surface area contributed by atoms with E-state index >= 15 is 0 Å². The summed E-state index contributed by atoms with van der Waals surface area (Å²) in [5, 5.41) is 0. The first-order chi connectivity index (χ1) is 9.24. The largest absolute Gasteiger partial charge is 0.480 e. The molecular weight excluding hydrogens is 256 g/mol. The van der Waals surface area contributed by atoms with Gasteiger partial charge in [0.25, 0.3) is 0 Å². The normalized spacial score (nSPS) is 17.4. The van der Waals surface area contributed by atoms with E-state index in [9.17, 15) is 4.79 Å². The zero-order chi connectivity index (χ0) is 13.2. The molecule has 3 rings (SSSR count). The predicted molar refractivity (Wildman–Crippen MR) is 77.1 cm³/mol. The Kier molecular flexibility index (Phi) is 3.30. The number of thioether (sulfide) groups is 1. The summed E-state index contributed by atoms with van der Waals surface area (Å²) in [6.45, 7) is 2.01. The fourth-order valence-electron chi connectivity index (χ4n) is 2.05. The molecule has 1 unspecified atom stereocenters. The molecule has 0 saturated heterocycles. The van der Waals surface area contributed by atoms with Gasteiger partial charge in [-0.25, -0.2) is 0 Å². The maximum Gasteiger partial charge on any atom is 0.204 e. The van der Waals surface area contributed by atoms with E-state index < -0.39 is 0 Å². The highest BCUT2D eigenvalue weighted by Crippen LogP contribution is 2.35. The Morgan fingerprint density at radius 2 is 1.89 bits per heavy atom. The molecule has 19 heavy (non-hydrogen) atoms. The average molecular weight is 270 g/mol. The Morgan fingerprint density at radius 3 is 2.68 bits per heavy atom. The molecule has 2 aromatic rings. The fourth-order valence-corrected chi connectivity index (χ4v) is 3.04. The summed E-state index contributed by atoms with van der Waals surface area (Å²) < 4.78 is 5.81. The Bertz CT molecular complexity index is 604. The quantitative estimate of drug-likeness (QED) is 0.778. The van der Waals surface area contributed by atoms with Crippen molar-refractivity contribution >= 4 is 17.5 Å². The monoisotopic (exact) mass is 270 g/mol. The van der Waals surface area contributed by atoms with Crippen molar-refractivity contribution < 1.29 is 9.53 Å². The Balaban J connectivity index is 1.81. The Hall–Kier alpha value is -1.74. The highest BCUT2D eigenvalue weighted by atomic mass is 32.2. The van der Waals surface area contributed by atoms with Gasteiger partial charge in [0.05, 0.1) is 0 Å². The smallest absolute Gasteiger partial charge is 0.204 e. The minimum atomic E-state index is -0.386. The van der Waals surface area contributed by atoms with Gasteiger partial charge in [0.2, 0.25) is 5.78 Å². The van der Waals surface area contributed by atoms with Gasteiger partial charge in [0.1, 0.15) is 5.75 Å². The molecule has 0 amide bonds. The van der Waals surface area contributed by atoms with Crippen LogP contribution in [0.15, 0.2) is 53.4 Å². The highest BCUT2D eigenvalue weighted by molar-refractivity contribution is 7.99. The van der Waals surface area contributed by atoms with E-state index in [2.05, 4.69) is 0 Å². The lowest BCUT2D eigenvalue weighted by molar-refractivity contribution is 0.0815. The maximum atomic E-state index is 12.4. The van der Waals surface area contributed by atoms with E-state index in [1.807, 2.05) is 55.5 Å². The first-order valence-corrected chi connectivity index (χ1v) is 7.22. The summed E-state index contributed by atoms with van der Waals surface area (Å²) in [6, 6.07) is 15.5. The van der Waals surface area contributed by atoms with E-state index in [0.29, 0.717) is 5.75 Å². The van der Waals surface area contributed by atoms with Crippen LogP contribution < -0.4 is 4.74 Å². The van der Waals surface area contributed by atoms with Gasteiger partial charge in [0, 0.05) is 16.2 Å². The Morgan fingerprint density at radius 1 is 1.16 bits per heavy atom. The molecule has 0 aliphatic carbocycles. The second-order valence-electron chi connectivity index (χ2n) is 4.59. The lowest BCUT2D eigenvalue weighted by Crippen LogP contribution is -2.32. The van der Waals surface area contributed by atoms with Crippen LogP contribution in [0.3, 0.4) is 0 Å². The molecule has 0 fully saturated rings. The summed E-state index contributed by atoms with van der Waals surface area (Å²) in [5.41, 5.74) is 1.87. The molecule has 1 aliphatic heterocycles. The SMILES string of the molecule is Cc1ccc(C(=O)C2CSc3ccccc3O2)cc1. The number of ether oxygens (including phenoxy) is 1. The molecule has 0 saturated carbocycles. The van der Waals surface area contributed by atoms with Crippen LogP contribution >= 0.6 is 11.8 Å². The topological polar surface area (TPSA) is 26.3 Å². The fraction of sp³-hybridized carbons (Fsp3) is 0.188. The van der Waals surface area contributed by atoms with Crippen LogP contribution in [0.1, 0.15) is 15.9 Å². The van der Waals surface area contributed by atoms with Gasteiger partial charge in [-0.2, -0.15) is 0 Å². The summed E-state index contributed by atoms with van der Waals surface area (Å²) in [6.07, 6.45) is -0.386. The number of benzene rings is 2. The standard InChI is InChI=1S/C16H14O2S/c1-11-6-8-12(9-7-11)16(17)14-10-19-15-5-3-2-4-13(15)18-14/h2-9,14H,10H2,1H3. The molecule has 96 valence electrons. The number of aryl methyl sites for hydroxylation is 1. The third-order valence-electron chi connectivity index (χ3n) is 3.14. The van der Waals surface area contributed by atoms with Gasteiger partial charge in [0.15, 0.2) is 6.10 Å². The summed E-state index contributed by atoms with van der Waals surface area (Å²) in [4.78, 5) is 13.5. The Labute approximate surface area is 116 Å². The van der Waals surface area contributed by atoms with Crippen molar-refractivity contribution in [2.24, 2.45) is 0 Å². The molecule has 0 radical (unpaired) electrons. The van der Waals surface area contributed by atoms with Crippen LogP contribution in [0.25, 0.3) is 0 Å². The zero-order valence-corrected chi connectivity index (χ0v) is 11.4. The number of ketones is 1. The van der Waals surface area contributed by atoms with Gasteiger partial charge < -0.3 is 4.74 Å². The minimum Gasteiger partial charge on any atom is -0.480 e. The van der Waals surface area contributed by atoms with Crippen LogP contribution in [0.4, 0.5) is 0 Å². The van der Waals surface area contributed by atoms with Crippen LogP contribution in [0.2, 0.25) is 0 Å². The van der Waals surface area contributed by atoms with Crippen molar-refractivity contribution in [3.05, 3.63) is 59.7 Å². The number of hydrogen-bond donors (Lipinski definition) is 0. The number of para-hydroxylation sites is 1. The molecule has 1 aliphatic rings. The molecule has 1 atom stereocenters. The van der Waals surface area contributed by atoms with Crippen molar-refractivity contribution in [3.8, 4) is 5.75 Å². The van der Waals surface area contributed by atoms with Crippen molar-refractivity contribution in [1.29, 1.82) is 0 Å². The van der Waals surface area contributed by atoms with E-state index in [1.54, 1.807) is 11.8 Å². The number of carbonyl (C=O) groups is 1. The molecule has 2 aromatic carbocycles. The zero-order valence-electron chi connectivity index (χ0n) is 10.6. The first-order valence-electron chi connectivity index (χ1n) is 6.23. The number of carbonyl (C=O) groups excluding carboxylic acids is 1.